The van der Waals surface area contributed by atoms with Crippen molar-refractivity contribution in [3.05, 3.63) is 27.0 Å². The number of hydrogen-bond donors (Lipinski definition) is 0. The van der Waals surface area contributed by atoms with E-state index in [-0.39, 0.29) is 0 Å². The van der Waals surface area contributed by atoms with Crippen molar-refractivity contribution >= 4 is 17.4 Å². The number of allylic oxidation sites excluding steroid dienone is 1. The topological polar surface area (TPSA) is 0 Å². The third-order valence-electron chi connectivity index (χ3n) is 2.42. The zero-order chi connectivity index (χ0) is 9.26. The average Bonchev–Trinajstić information content (AvgIpc) is 2.79. The van der Waals surface area contributed by atoms with E-state index in [2.05, 4.69) is 26.0 Å². The van der Waals surface area contributed by atoms with Gasteiger partial charge in [0.1, 0.15) is 0 Å². The van der Waals surface area contributed by atoms with E-state index in [1.165, 1.54) is 19.3 Å². The molecular weight excluding hydrogens is 176 g/mol. The van der Waals surface area contributed by atoms with Crippen molar-refractivity contribution in [3.8, 4) is 0 Å². The van der Waals surface area contributed by atoms with E-state index in [4.69, 9.17) is 0 Å². The molecule has 0 saturated heterocycles. The molecule has 1 heteroatoms. The highest BCUT2D eigenvalue weighted by molar-refractivity contribution is 7.13. The normalized spacial score (nSPS) is 13.7. The second-order valence-electron chi connectivity index (χ2n) is 3.58. The molecule has 1 aliphatic rings. The summed E-state index contributed by atoms with van der Waals surface area (Å²) in [6, 6.07) is 0. The van der Waals surface area contributed by atoms with Gasteiger partial charge >= 0.3 is 0 Å². The van der Waals surface area contributed by atoms with E-state index in [0.717, 1.165) is 6.42 Å². The van der Waals surface area contributed by atoms with Gasteiger partial charge in [0.25, 0.3) is 0 Å². The van der Waals surface area contributed by atoms with Crippen LogP contribution >= 0.6 is 11.3 Å². The van der Waals surface area contributed by atoms with Crippen molar-refractivity contribution in [2.45, 2.75) is 39.5 Å². The quantitative estimate of drug-likeness (QED) is 0.686. The standard InChI is InChI=1S/C12H16S/c1-3-5-7-9-10-8-12(10)13-11(9)6-4-2/h5,7H,3-4,6,8H2,1-2H3. The zero-order valence-electron chi connectivity index (χ0n) is 8.39. The van der Waals surface area contributed by atoms with Crippen LogP contribution in [0.2, 0.25) is 0 Å². The Balaban J connectivity index is 2.22. The van der Waals surface area contributed by atoms with Crippen LogP contribution < -0.4 is 0 Å². The summed E-state index contributed by atoms with van der Waals surface area (Å²) < 4.78 is 0. The monoisotopic (exact) mass is 192 g/mol. The molecule has 0 nitrogen and oxygen atoms in total. The lowest BCUT2D eigenvalue weighted by atomic mass is 10.1. The molecule has 0 atom stereocenters. The van der Waals surface area contributed by atoms with Crippen molar-refractivity contribution in [3.63, 3.8) is 0 Å². The highest BCUT2D eigenvalue weighted by Crippen LogP contribution is 2.42. The molecule has 1 aliphatic carbocycles. The molecule has 1 aromatic rings. The molecule has 0 N–H and O–H groups in total. The lowest BCUT2D eigenvalue weighted by molar-refractivity contribution is 0.937. The van der Waals surface area contributed by atoms with Crippen LogP contribution in [-0.2, 0) is 12.8 Å². The van der Waals surface area contributed by atoms with Crippen LogP contribution in [0.15, 0.2) is 6.08 Å². The molecule has 2 rings (SSSR count). The number of thiophene rings is 1. The minimum Gasteiger partial charge on any atom is -0.144 e. The third-order valence-corrected chi connectivity index (χ3v) is 3.73. The van der Waals surface area contributed by atoms with Gasteiger partial charge in [0.05, 0.1) is 0 Å². The number of fused-ring (bicyclic) bond motifs is 1. The number of aryl methyl sites for hydroxylation is 1. The molecule has 1 aromatic heterocycles. The molecule has 0 amide bonds. The third kappa shape index (κ3) is 1.71. The van der Waals surface area contributed by atoms with E-state index < -0.39 is 0 Å². The predicted molar refractivity (Wildman–Crippen MR) is 60.4 cm³/mol. The summed E-state index contributed by atoms with van der Waals surface area (Å²) in [5.41, 5.74) is 3.20. The van der Waals surface area contributed by atoms with Gasteiger partial charge < -0.3 is 0 Å². The predicted octanol–water partition coefficient (Wildman–Crippen LogP) is 4.03. The summed E-state index contributed by atoms with van der Waals surface area (Å²) in [5, 5.41) is 0. The molecular formula is C12H16S. The Morgan fingerprint density at radius 1 is 1.38 bits per heavy atom. The Kier molecular flexibility index (Phi) is 2.54. The molecule has 1 heterocycles. The Morgan fingerprint density at radius 2 is 2.23 bits per heavy atom. The van der Waals surface area contributed by atoms with E-state index in [1.807, 2.05) is 11.3 Å². The van der Waals surface area contributed by atoms with Gasteiger partial charge in [-0.25, -0.2) is 0 Å². The Labute approximate surface area is 84.3 Å². The molecule has 70 valence electrons. The first-order chi connectivity index (χ1) is 6.36. The summed E-state index contributed by atoms with van der Waals surface area (Å²) >= 11 is 2.03. The van der Waals surface area contributed by atoms with Crippen LogP contribution in [-0.4, -0.2) is 0 Å². The molecule has 0 aromatic carbocycles. The van der Waals surface area contributed by atoms with E-state index in [0.29, 0.717) is 0 Å². The minimum atomic E-state index is 1.15. The second-order valence-corrected chi connectivity index (χ2v) is 4.77. The first kappa shape index (κ1) is 9.01. The highest BCUT2D eigenvalue weighted by Gasteiger charge is 2.25. The second kappa shape index (κ2) is 3.67. The van der Waals surface area contributed by atoms with Gasteiger partial charge in [0.2, 0.25) is 0 Å². The van der Waals surface area contributed by atoms with Crippen LogP contribution in [0.1, 0.15) is 47.6 Å². The van der Waals surface area contributed by atoms with Gasteiger partial charge in [-0.1, -0.05) is 32.4 Å². The lowest BCUT2D eigenvalue weighted by Gasteiger charge is -1.98. The number of hydrogen-bond acceptors (Lipinski definition) is 1. The average molecular weight is 192 g/mol. The Morgan fingerprint density at radius 3 is 2.92 bits per heavy atom. The molecule has 0 spiro atoms. The van der Waals surface area contributed by atoms with Gasteiger partial charge in [-0.15, -0.1) is 11.3 Å². The first-order valence-electron chi connectivity index (χ1n) is 5.16. The Bertz CT molecular complexity index is 331. The van der Waals surface area contributed by atoms with Gasteiger partial charge in [-0.2, -0.15) is 0 Å². The highest BCUT2D eigenvalue weighted by atomic mass is 32.1. The SMILES string of the molecule is CCC=Cc1c(CCC)sc2c1C2. The van der Waals surface area contributed by atoms with Gasteiger partial charge in [-0.3, -0.25) is 0 Å². The largest absolute Gasteiger partial charge is 0.144 e. The molecule has 0 aliphatic heterocycles. The summed E-state index contributed by atoms with van der Waals surface area (Å²) in [6.07, 6.45) is 9.57. The van der Waals surface area contributed by atoms with Crippen LogP contribution in [0.4, 0.5) is 0 Å². The minimum absolute atomic E-state index is 1.15. The van der Waals surface area contributed by atoms with Crippen molar-refractivity contribution in [1.82, 2.24) is 0 Å². The molecule has 0 fully saturated rings. The fraction of sp³-hybridized carbons (Fsp3) is 0.500. The molecule has 0 bridgehead atoms. The van der Waals surface area contributed by atoms with Crippen LogP contribution in [0, 0.1) is 0 Å². The van der Waals surface area contributed by atoms with E-state index in [9.17, 15) is 0 Å². The maximum absolute atomic E-state index is 2.33. The molecule has 0 saturated carbocycles. The van der Waals surface area contributed by atoms with Gasteiger partial charge in [-0.05, 0) is 24.0 Å². The number of rotatable bonds is 4. The first-order valence-corrected chi connectivity index (χ1v) is 5.98. The maximum atomic E-state index is 2.33. The van der Waals surface area contributed by atoms with Crippen LogP contribution in [0.25, 0.3) is 6.08 Å². The summed E-state index contributed by atoms with van der Waals surface area (Å²) in [5.74, 6) is 0. The van der Waals surface area contributed by atoms with Crippen LogP contribution in [0.5, 0.6) is 0 Å². The van der Waals surface area contributed by atoms with Crippen molar-refractivity contribution in [2.75, 3.05) is 0 Å². The fourth-order valence-electron chi connectivity index (χ4n) is 1.67. The smallest absolute Gasteiger partial charge is 0.0134 e. The maximum Gasteiger partial charge on any atom is 0.0134 e. The summed E-state index contributed by atoms with van der Waals surface area (Å²) in [7, 11) is 0. The molecule has 13 heavy (non-hydrogen) atoms. The van der Waals surface area contributed by atoms with Crippen LogP contribution in [0.3, 0.4) is 0 Å². The van der Waals surface area contributed by atoms with Gasteiger partial charge in [0.15, 0.2) is 0 Å². The van der Waals surface area contributed by atoms with Crippen molar-refractivity contribution in [1.29, 1.82) is 0 Å². The fourth-order valence-corrected chi connectivity index (χ4v) is 3.03. The summed E-state index contributed by atoms with van der Waals surface area (Å²) in [6.45, 7) is 4.45. The molecule has 0 unspecified atom stereocenters. The summed E-state index contributed by atoms with van der Waals surface area (Å²) in [4.78, 5) is 3.25. The van der Waals surface area contributed by atoms with Crippen molar-refractivity contribution in [2.24, 2.45) is 0 Å². The lowest BCUT2D eigenvalue weighted by Crippen LogP contribution is -1.82. The van der Waals surface area contributed by atoms with E-state index in [1.54, 1.807) is 20.9 Å². The molecule has 0 radical (unpaired) electrons. The van der Waals surface area contributed by atoms with Crippen molar-refractivity contribution < 1.29 is 0 Å². The Hall–Kier alpha value is -0.560. The van der Waals surface area contributed by atoms with E-state index >= 15 is 0 Å². The zero-order valence-corrected chi connectivity index (χ0v) is 9.21. The van der Waals surface area contributed by atoms with Gasteiger partial charge in [0, 0.05) is 16.2 Å².